The SMILES string of the molecule is Cc1cnc(CN(Cc2nc(C)cs2)CC2CCCO2)cn1. The summed E-state index contributed by atoms with van der Waals surface area (Å²) in [4.78, 5) is 15.8. The molecule has 1 aliphatic heterocycles. The van der Waals surface area contributed by atoms with Crippen LogP contribution >= 0.6 is 11.3 Å². The van der Waals surface area contributed by atoms with E-state index in [1.165, 1.54) is 6.42 Å². The van der Waals surface area contributed by atoms with E-state index in [2.05, 4.69) is 25.2 Å². The van der Waals surface area contributed by atoms with Gasteiger partial charge in [-0.05, 0) is 26.7 Å². The molecule has 1 fully saturated rings. The Hall–Kier alpha value is -1.37. The highest BCUT2D eigenvalue weighted by atomic mass is 32.1. The van der Waals surface area contributed by atoms with Crippen LogP contribution in [-0.2, 0) is 17.8 Å². The largest absolute Gasteiger partial charge is 0.377 e. The van der Waals surface area contributed by atoms with Crippen molar-refractivity contribution in [3.8, 4) is 0 Å². The molecule has 0 N–H and O–H groups in total. The molecule has 0 saturated carbocycles. The third kappa shape index (κ3) is 4.32. The number of hydrogen-bond donors (Lipinski definition) is 0. The first-order chi connectivity index (χ1) is 10.7. The summed E-state index contributed by atoms with van der Waals surface area (Å²) in [6.07, 6.45) is 6.34. The first kappa shape index (κ1) is 15.5. The number of hydrogen-bond acceptors (Lipinski definition) is 6. The van der Waals surface area contributed by atoms with Gasteiger partial charge in [-0.25, -0.2) is 4.98 Å². The number of aromatic nitrogens is 3. The Morgan fingerprint density at radius 2 is 2.14 bits per heavy atom. The van der Waals surface area contributed by atoms with Gasteiger partial charge >= 0.3 is 0 Å². The maximum absolute atomic E-state index is 5.79. The normalized spacial score (nSPS) is 18.2. The minimum atomic E-state index is 0.333. The Balaban J connectivity index is 1.68. The van der Waals surface area contributed by atoms with Crippen LogP contribution in [0.5, 0.6) is 0 Å². The Bertz CT molecular complexity index is 592. The minimum Gasteiger partial charge on any atom is -0.377 e. The lowest BCUT2D eigenvalue weighted by atomic mass is 10.2. The molecular weight excluding hydrogens is 296 g/mol. The Morgan fingerprint density at radius 3 is 2.77 bits per heavy atom. The van der Waals surface area contributed by atoms with E-state index in [-0.39, 0.29) is 0 Å². The topological polar surface area (TPSA) is 51.1 Å². The van der Waals surface area contributed by atoms with Crippen LogP contribution in [0.4, 0.5) is 0 Å². The third-order valence-corrected chi connectivity index (χ3v) is 4.68. The Kier molecular flexibility index (Phi) is 5.12. The van der Waals surface area contributed by atoms with Crippen molar-refractivity contribution in [1.82, 2.24) is 19.9 Å². The molecule has 0 aromatic carbocycles. The van der Waals surface area contributed by atoms with Crippen molar-refractivity contribution < 1.29 is 4.74 Å². The van der Waals surface area contributed by atoms with Gasteiger partial charge < -0.3 is 4.74 Å². The zero-order valence-electron chi connectivity index (χ0n) is 13.2. The van der Waals surface area contributed by atoms with Crippen LogP contribution in [-0.4, -0.2) is 39.1 Å². The molecule has 3 heterocycles. The molecule has 0 radical (unpaired) electrons. The molecule has 1 aliphatic rings. The van der Waals surface area contributed by atoms with Gasteiger partial charge in [0.15, 0.2) is 0 Å². The Labute approximate surface area is 135 Å². The minimum absolute atomic E-state index is 0.333. The standard InChI is InChI=1S/C16H22N4OS/c1-12-6-18-14(7-17-12)8-20(9-15-4-3-5-21-15)10-16-19-13(2)11-22-16/h6-7,11,15H,3-5,8-10H2,1-2H3. The fraction of sp³-hybridized carbons (Fsp3) is 0.562. The van der Waals surface area contributed by atoms with Crippen LogP contribution in [0, 0.1) is 13.8 Å². The van der Waals surface area contributed by atoms with Gasteiger partial charge in [0, 0.05) is 43.2 Å². The predicted molar refractivity (Wildman–Crippen MR) is 86.7 cm³/mol. The van der Waals surface area contributed by atoms with E-state index in [0.29, 0.717) is 6.10 Å². The average molecular weight is 318 g/mol. The molecule has 1 unspecified atom stereocenters. The molecule has 2 aromatic heterocycles. The van der Waals surface area contributed by atoms with Crippen LogP contribution in [0.3, 0.4) is 0 Å². The predicted octanol–water partition coefficient (Wildman–Crippen LogP) is 2.73. The zero-order valence-corrected chi connectivity index (χ0v) is 14.0. The highest BCUT2D eigenvalue weighted by Crippen LogP contribution is 2.18. The summed E-state index contributed by atoms with van der Waals surface area (Å²) in [6, 6.07) is 0. The van der Waals surface area contributed by atoms with E-state index in [9.17, 15) is 0 Å². The second-order valence-electron chi connectivity index (χ2n) is 5.84. The lowest BCUT2D eigenvalue weighted by Crippen LogP contribution is -2.31. The molecule has 6 heteroatoms. The van der Waals surface area contributed by atoms with Gasteiger partial charge in [0.2, 0.25) is 0 Å². The second kappa shape index (κ2) is 7.26. The van der Waals surface area contributed by atoms with E-state index in [1.807, 2.05) is 26.2 Å². The quantitative estimate of drug-likeness (QED) is 0.820. The van der Waals surface area contributed by atoms with Gasteiger partial charge in [-0.1, -0.05) is 0 Å². The van der Waals surface area contributed by atoms with Crippen molar-refractivity contribution in [3.05, 3.63) is 39.9 Å². The molecule has 3 rings (SSSR count). The molecule has 5 nitrogen and oxygen atoms in total. The first-order valence-electron chi connectivity index (χ1n) is 7.71. The summed E-state index contributed by atoms with van der Waals surface area (Å²) in [6.45, 7) is 7.43. The molecule has 118 valence electrons. The van der Waals surface area contributed by atoms with Gasteiger partial charge in [0.25, 0.3) is 0 Å². The maximum atomic E-state index is 5.79. The molecule has 0 spiro atoms. The summed E-state index contributed by atoms with van der Waals surface area (Å²) in [5, 5.41) is 3.25. The van der Waals surface area contributed by atoms with Crippen molar-refractivity contribution in [1.29, 1.82) is 0 Å². The van der Waals surface area contributed by atoms with Gasteiger partial charge in [-0.3, -0.25) is 14.9 Å². The van der Waals surface area contributed by atoms with Crippen molar-refractivity contribution in [2.75, 3.05) is 13.2 Å². The van der Waals surface area contributed by atoms with E-state index < -0.39 is 0 Å². The lowest BCUT2D eigenvalue weighted by molar-refractivity contribution is 0.0674. The van der Waals surface area contributed by atoms with Crippen molar-refractivity contribution >= 4 is 11.3 Å². The molecule has 1 saturated heterocycles. The van der Waals surface area contributed by atoms with E-state index in [1.54, 1.807) is 11.3 Å². The third-order valence-electron chi connectivity index (χ3n) is 3.73. The van der Waals surface area contributed by atoms with Crippen molar-refractivity contribution in [3.63, 3.8) is 0 Å². The molecule has 2 aromatic rings. The van der Waals surface area contributed by atoms with Gasteiger partial charge in [-0.2, -0.15) is 0 Å². The number of nitrogens with zero attached hydrogens (tertiary/aromatic N) is 4. The number of thiazole rings is 1. The fourth-order valence-electron chi connectivity index (χ4n) is 2.66. The number of rotatable bonds is 6. The smallest absolute Gasteiger partial charge is 0.107 e. The monoisotopic (exact) mass is 318 g/mol. The lowest BCUT2D eigenvalue weighted by Gasteiger charge is -2.23. The Morgan fingerprint density at radius 1 is 1.23 bits per heavy atom. The van der Waals surface area contributed by atoms with Gasteiger partial charge in [0.1, 0.15) is 5.01 Å². The van der Waals surface area contributed by atoms with Gasteiger partial charge in [0.05, 0.1) is 24.0 Å². The molecule has 0 amide bonds. The van der Waals surface area contributed by atoms with Crippen molar-refractivity contribution in [2.45, 2.75) is 45.9 Å². The van der Waals surface area contributed by atoms with E-state index >= 15 is 0 Å². The van der Waals surface area contributed by atoms with E-state index in [0.717, 1.165) is 54.8 Å². The molecule has 0 bridgehead atoms. The van der Waals surface area contributed by atoms with Crippen LogP contribution < -0.4 is 0 Å². The van der Waals surface area contributed by atoms with Crippen LogP contribution in [0.15, 0.2) is 17.8 Å². The molecular formula is C16H22N4OS. The molecule has 0 aliphatic carbocycles. The van der Waals surface area contributed by atoms with Crippen molar-refractivity contribution in [2.24, 2.45) is 0 Å². The average Bonchev–Trinajstić information content (AvgIpc) is 3.13. The zero-order chi connectivity index (χ0) is 15.4. The van der Waals surface area contributed by atoms with Crippen LogP contribution in [0.25, 0.3) is 0 Å². The summed E-state index contributed by atoms with van der Waals surface area (Å²) >= 11 is 1.72. The van der Waals surface area contributed by atoms with Crippen LogP contribution in [0.2, 0.25) is 0 Å². The summed E-state index contributed by atoms with van der Waals surface area (Å²) in [7, 11) is 0. The summed E-state index contributed by atoms with van der Waals surface area (Å²) in [5.74, 6) is 0. The molecule has 1 atom stereocenters. The van der Waals surface area contributed by atoms with Crippen LogP contribution in [0.1, 0.15) is 34.9 Å². The summed E-state index contributed by atoms with van der Waals surface area (Å²) in [5.41, 5.74) is 3.04. The maximum Gasteiger partial charge on any atom is 0.107 e. The highest BCUT2D eigenvalue weighted by molar-refractivity contribution is 7.09. The fourth-order valence-corrected chi connectivity index (χ4v) is 3.47. The highest BCUT2D eigenvalue weighted by Gasteiger charge is 2.20. The second-order valence-corrected chi connectivity index (χ2v) is 6.78. The summed E-state index contributed by atoms with van der Waals surface area (Å²) < 4.78 is 5.79. The van der Waals surface area contributed by atoms with Gasteiger partial charge in [-0.15, -0.1) is 11.3 Å². The first-order valence-corrected chi connectivity index (χ1v) is 8.59. The molecule has 22 heavy (non-hydrogen) atoms. The number of ether oxygens (including phenoxy) is 1. The number of aryl methyl sites for hydroxylation is 2. The van der Waals surface area contributed by atoms with E-state index in [4.69, 9.17) is 4.74 Å².